The minimum atomic E-state index is -0.163. The number of benzene rings is 3. The van der Waals surface area contributed by atoms with Gasteiger partial charge < -0.3 is 23.8 Å². The number of methoxy groups -OCH3 is 2. The number of carbonyl (C=O) groups excluding carboxylic acids is 2. The molecule has 2 aromatic heterocycles. The van der Waals surface area contributed by atoms with Crippen molar-refractivity contribution in [1.82, 2.24) is 29.5 Å². The Labute approximate surface area is 260 Å². The second-order valence-electron chi connectivity index (χ2n) is 10.9. The van der Waals surface area contributed by atoms with Crippen molar-refractivity contribution in [3.8, 4) is 11.5 Å². The molecule has 5 aromatic rings. The van der Waals surface area contributed by atoms with Gasteiger partial charge in [-0.25, -0.2) is 4.98 Å². The van der Waals surface area contributed by atoms with Crippen molar-refractivity contribution >= 4 is 45.6 Å². The van der Waals surface area contributed by atoms with Crippen molar-refractivity contribution in [3.05, 3.63) is 83.4 Å². The normalized spacial score (nSPS) is 15.1. The number of nitrogens with zero attached hydrogens (tertiary/aromatic N) is 6. The fourth-order valence-electron chi connectivity index (χ4n) is 5.68. The molecular weight excluding hydrogens is 576 g/mol. The molecular formula is C33H34N6O4S. The van der Waals surface area contributed by atoms with Gasteiger partial charge in [-0.1, -0.05) is 53.7 Å². The standard InChI is InChI=1S/C33H34N6O4S/c1-21-10-13-27-26(16-21)30-31(39(27)19-23-8-6-5-7-9-23)34-33(36-35-30)44-20-29(40)37-14-15-38(22(2)18-37)32(41)25-12-11-24(42-3)17-28(25)43-4/h5-13,16-17,22H,14-15,18-20H2,1-4H3. The zero-order chi connectivity index (χ0) is 30.8. The molecule has 1 unspecified atom stereocenters. The summed E-state index contributed by atoms with van der Waals surface area (Å²) in [5.41, 5.74) is 5.30. The third kappa shape index (κ3) is 5.79. The molecule has 1 saturated heterocycles. The molecule has 1 aliphatic rings. The Balaban J connectivity index is 1.15. The predicted octanol–water partition coefficient (Wildman–Crippen LogP) is 4.82. The van der Waals surface area contributed by atoms with Crippen molar-refractivity contribution in [2.45, 2.75) is 31.6 Å². The SMILES string of the molecule is COc1ccc(C(=O)N2CCN(C(=O)CSc3nnc4c5cc(C)ccc5n(Cc5ccccc5)c4n3)CC2C)c(OC)c1. The molecule has 0 radical (unpaired) electrons. The zero-order valence-electron chi connectivity index (χ0n) is 25.2. The average Bonchev–Trinajstić information content (AvgIpc) is 3.34. The molecule has 1 fully saturated rings. The van der Waals surface area contributed by atoms with E-state index in [0.29, 0.717) is 48.4 Å². The molecule has 1 atom stereocenters. The summed E-state index contributed by atoms with van der Waals surface area (Å²) >= 11 is 1.28. The Hall–Kier alpha value is -4.64. The van der Waals surface area contributed by atoms with Crippen LogP contribution in [-0.2, 0) is 11.3 Å². The molecule has 0 aliphatic carbocycles. The molecule has 0 bridgehead atoms. The Morgan fingerprint density at radius 2 is 1.80 bits per heavy atom. The van der Waals surface area contributed by atoms with Gasteiger partial charge in [-0.2, -0.15) is 0 Å². The highest BCUT2D eigenvalue weighted by atomic mass is 32.2. The third-order valence-electron chi connectivity index (χ3n) is 7.99. The lowest BCUT2D eigenvalue weighted by Gasteiger charge is -2.40. The lowest BCUT2D eigenvalue weighted by Crippen LogP contribution is -2.55. The van der Waals surface area contributed by atoms with E-state index in [1.165, 1.54) is 18.9 Å². The van der Waals surface area contributed by atoms with Crippen LogP contribution in [0.5, 0.6) is 11.5 Å². The summed E-state index contributed by atoms with van der Waals surface area (Å²) in [7, 11) is 3.10. The minimum Gasteiger partial charge on any atom is -0.497 e. The van der Waals surface area contributed by atoms with Gasteiger partial charge in [0.25, 0.3) is 5.91 Å². The minimum absolute atomic E-state index is 0.0277. The van der Waals surface area contributed by atoms with Crippen LogP contribution < -0.4 is 9.47 Å². The first-order valence-corrected chi connectivity index (χ1v) is 15.5. The first kappa shape index (κ1) is 29.4. The van der Waals surface area contributed by atoms with Crippen LogP contribution in [0, 0.1) is 6.92 Å². The Kier molecular flexibility index (Phi) is 8.38. The Morgan fingerprint density at radius 1 is 0.977 bits per heavy atom. The number of ether oxygens (including phenoxy) is 2. The van der Waals surface area contributed by atoms with Crippen LogP contribution >= 0.6 is 11.8 Å². The van der Waals surface area contributed by atoms with E-state index in [-0.39, 0.29) is 23.6 Å². The van der Waals surface area contributed by atoms with Crippen LogP contribution in [0.4, 0.5) is 0 Å². The summed E-state index contributed by atoms with van der Waals surface area (Å²) < 4.78 is 12.9. The molecule has 6 rings (SSSR count). The topological polar surface area (TPSA) is 103 Å². The highest BCUT2D eigenvalue weighted by molar-refractivity contribution is 7.99. The lowest BCUT2D eigenvalue weighted by atomic mass is 10.1. The van der Waals surface area contributed by atoms with Crippen molar-refractivity contribution in [3.63, 3.8) is 0 Å². The second-order valence-corrected chi connectivity index (χ2v) is 11.8. The quantitative estimate of drug-likeness (QED) is 0.231. The van der Waals surface area contributed by atoms with Gasteiger partial charge in [0.05, 0.1) is 31.1 Å². The summed E-state index contributed by atoms with van der Waals surface area (Å²) in [6.07, 6.45) is 0. The molecule has 1 aliphatic heterocycles. The van der Waals surface area contributed by atoms with E-state index in [1.54, 1.807) is 35.1 Å². The van der Waals surface area contributed by atoms with Gasteiger partial charge in [0.15, 0.2) is 5.65 Å². The summed E-state index contributed by atoms with van der Waals surface area (Å²) in [5, 5.41) is 10.4. The number of thioether (sulfide) groups is 1. The van der Waals surface area contributed by atoms with Crippen LogP contribution in [-0.4, -0.2) is 87.0 Å². The van der Waals surface area contributed by atoms with Gasteiger partial charge in [0, 0.05) is 43.7 Å². The third-order valence-corrected chi connectivity index (χ3v) is 8.81. The van der Waals surface area contributed by atoms with Crippen LogP contribution in [0.2, 0.25) is 0 Å². The molecule has 2 amide bonds. The summed E-state index contributed by atoms with van der Waals surface area (Å²) in [6, 6.07) is 21.5. The molecule has 44 heavy (non-hydrogen) atoms. The number of aryl methyl sites for hydroxylation is 1. The maximum atomic E-state index is 13.4. The second kappa shape index (κ2) is 12.5. The maximum Gasteiger partial charge on any atom is 0.257 e. The smallest absolute Gasteiger partial charge is 0.257 e. The van der Waals surface area contributed by atoms with Crippen LogP contribution in [0.3, 0.4) is 0 Å². The number of aromatic nitrogens is 4. The average molecular weight is 611 g/mol. The van der Waals surface area contributed by atoms with E-state index in [2.05, 4.69) is 52.0 Å². The number of piperazine rings is 1. The molecule has 0 saturated carbocycles. The molecule has 0 N–H and O–H groups in total. The van der Waals surface area contributed by atoms with Gasteiger partial charge in [0.1, 0.15) is 17.0 Å². The zero-order valence-corrected chi connectivity index (χ0v) is 26.0. The number of carbonyl (C=O) groups is 2. The monoisotopic (exact) mass is 610 g/mol. The predicted molar refractivity (Wildman–Crippen MR) is 170 cm³/mol. The fourth-order valence-corrected chi connectivity index (χ4v) is 6.36. The van der Waals surface area contributed by atoms with Crippen LogP contribution in [0.25, 0.3) is 22.1 Å². The molecule has 3 aromatic carbocycles. The highest BCUT2D eigenvalue weighted by Crippen LogP contribution is 2.30. The van der Waals surface area contributed by atoms with Crippen LogP contribution in [0.1, 0.15) is 28.4 Å². The van der Waals surface area contributed by atoms with E-state index in [0.717, 1.165) is 33.2 Å². The first-order chi connectivity index (χ1) is 21.4. The Morgan fingerprint density at radius 3 is 2.55 bits per heavy atom. The van der Waals surface area contributed by atoms with E-state index in [9.17, 15) is 9.59 Å². The molecule has 11 heteroatoms. The van der Waals surface area contributed by atoms with E-state index < -0.39 is 0 Å². The van der Waals surface area contributed by atoms with Crippen LogP contribution in [0.15, 0.2) is 71.9 Å². The Bertz CT molecular complexity index is 1840. The van der Waals surface area contributed by atoms with Crippen molar-refractivity contribution < 1.29 is 19.1 Å². The summed E-state index contributed by atoms with van der Waals surface area (Å²) in [5.74, 6) is 1.09. The number of fused-ring (bicyclic) bond motifs is 3. The number of hydrogen-bond donors (Lipinski definition) is 0. The van der Waals surface area contributed by atoms with Crippen molar-refractivity contribution in [2.75, 3.05) is 39.6 Å². The van der Waals surface area contributed by atoms with Crippen molar-refractivity contribution in [1.29, 1.82) is 0 Å². The molecule has 10 nitrogen and oxygen atoms in total. The molecule has 226 valence electrons. The number of hydrogen-bond acceptors (Lipinski definition) is 8. The van der Waals surface area contributed by atoms with Gasteiger partial charge in [0.2, 0.25) is 11.1 Å². The summed E-state index contributed by atoms with van der Waals surface area (Å²) in [6.45, 7) is 5.96. The van der Waals surface area contributed by atoms with Gasteiger partial charge in [-0.05, 0) is 43.7 Å². The number of rotatable bonds is 8. The maximum absolute atomic E-state index is 13.4. The highest BCUT2D eigenvalue weighted by Gasteiger charge is 2.31. The summed E-state index contributed by atoms with van der Waals surface area (Å²) in [4.78, 5) is 35.1. The first-order valence-electron chi connectivity index (χ1n) is 14.5. The molecule has 3 heterocycles. The van der Waals surface area contributed by atoms with Gasteiger partial charge >= 0.3 is 0 Å². The van der Waals surface area contributed by atoms with Crippen molar-refractivity contribution in [2.24, 2.45) is 0 Å². The van der Waals surface area contributed by atoms with E-state index in [4.69, 9.17) is 14.5 Å². The fraction of sp³-hybridized carbons (Fsp3) is 0.303. The van der Waals surface area contributed by atoms with E-state index >= 15 is 0 Å². The van der Waals surface area contributed by atoms with Gasteiger partial charge in [-0.3, -0.25) is 9.59 Å². The van der Waals surface area contributed by atoms with Gasteiger partial charge in [-0.15, -0.1) is 10.2 Å². The lowest BCUT2D eigenvalue weighted by molar-refractivity contribution is -0.130. The molecule has 0 spiro atoms. The number of amides is 2. The van der Waals surface area contributed by atoms with E-state index in [1.807, 2.05) is 25.1 Å². The largest absolute Gasteiger partial charge is 0.497 e.